The van der Waals surface area contributed by atoms with E-state index in [-0.39, 0.29) is 6.10 Å². The lowest BCUT2D eigenvalue weighted by Gasteiger charge is -2.56. The molecule has 0 unspecified atom stereocenters. The average Bonchev–Trinajstić information content (AvgIpc) is 2.72. The minimum atomic E-state index is -0.0201. The van der Waals surface area contributed by atoms with E-state index in [0.29, 0.717) is 10.8 Å². The van der Waals surface area contributed by atoms with Crippen molar-refractivity contribution in [3.05, 3.63) is 11.6 Å². The van der Waals surface area contributed by atoms with Crippen LogP contribution in [0, 0.1) is 28.6 Å². The van der Waals surface area contributed by atoms with Crippen LogP contribution in [0.25, 0.3) is 0 Å². The lowest BCUT2D eigenvalue weighted by Crippen LogP contribution is -2.48. The SMILES string of the molecule is C[C@]12CC[C@H]3[C@@H](CC=C4CCCC[C@@]43C)[C@@H]1C[C@@H](O)C2. The van der Waals surface area contributed by atoms with Gasteiger partial charge in [0.15, 0.2) is 0 Å². The van der Waals surface area contributed by atoms with E-state index in [2.05, 4.69) is 19.9 Å². The fourth-order valence-corrected chi connectivity index (χ4v) is 6.72. The van der Waals surface area contributed by atoms with Gasteiger partial charge in [0.1, 0.15) is 0 Å². The van der Waals surface area contributed by atoms with Crippen LogP contribution in [0.5, 0.6) is 0 Å². The Morgan fingerprint density at radius 2 is 2.00 bits per heavy atom. The molecule has 1 N–H and O–H groups in total. The van der Waals surface area contributed by atoms with Crippen molar-refractivity contribution in [1.29, 1.82) is 0 Å². The molecular formula is C19H30O. The maximum Gasteiger partial charge on any atom is 0.0548 e. The average molecular weight is 274 g/mol. The Bertz CT molecular complexity index is 439. The highest BCUT2D eigenvalue weighted by atomic mass is 16.3. The van der Waals surface area contributed by atoms with E-state index < -0.39 is 0 Å². The van der Waals surface area contributed by atoms with Gasteiger partial charge in [0.25, 0.3) is 0 Å². The summed E-state index contributed by atoms with van der Waals surface area (Å²) in [5.74, 6) is 2.55. The van der Waals surface area contributed by atoms with E-state index in [9.17, 15) is 5.11 Å². The van der Waals surface area contributed by atoms with Crippen LogP contribution < -0.4 is 0 Å². The Labute approximate surface area is 123 Å². The number of fused-ring (bicyclic) bond motifs is 5. The second-order valence-corrected chi connectivity index (χ2v) is 8.75. The van der Waals surface area contributed by atoms with Gasteiger partial charge in [-0.25, -0.2) is 0 Å². The summed E-state index contributed by atoms with van der Waals surface area (Å²) in [5.41, 5.74) is 2.75. The first-order valence-corrected chi connectivity index (χ1v) is 8.90. The van der Waals surface area contributed by atoms with E-state index in [4.69, 9.17) is 0 Å². The van der Waals surface area contributed by atoms with Crippen molar-refractivity contribution in [3.63, 3.8) is 0 Å². The lowest BCUT2D eigenvalue weighted by molar-refractivity contribution is -0.0248. The van der Waals surface area contributed by atoms with Crippen molar-refractivity contribution in [2.45, 2.75) is 77.7 Å². The molecule has 0 radical (unpaired) electrons. The minimum absolute atomic E-state index is 0.0201. The monoisotopic (exact) mass is 274 g/mol. The molecule has 0 saturated heterocycles. The maximum atomic E-state index is 10.2. The molecule has 4 aliphatic carbocycles. The molecule has 0 aliphatic heterocycles. The number of aliphatic hydroxyl groups is 1. The number of rotatable bonds is 0. The highest BCUT2D eigenvalue weighted by molar-refractivity contribution is 5.24. The van der Waals surface area contributed by atoms with Crippen LogP contribution in [0.4, 0.5) is 0 Å². The van der Waals surface area contributed by atoms with Gasteiger partial charge in [-0.2, -0.15) is 0 Å². The van der Waals surface area contributed by atoms with Crippen molar-refractivity contribution in [1.82, 2.24) is 0 Å². The fourth-order valence-electron chi connectivity index (χ4n) is 6.72. The van der Waals surface area contributed by atoms with Gasteiger partial charge in [-0.05, 0) is 80.0 Å². The molecule has 0 aromatic heterocycles. The van der Waals surface area contributed by atoms with Crippen LogP contribution in [0.3, 0.4) is 0 Å². The summed E-state index contributed by atoms with van der Waals surface area (Å²) in [7, 11) is 0. The fraction of sp³-hybridized carbons (Fsp3) is 0.895. The molecule has 0 bridgehead atoms. The molecule has 20 heavy (non-hydrogen) atoms. The quantitative estimate of drug-likeness (QED) is 0.635. The van der Waals surface area contributed by atoms with Crippen molar-refractivity contribution < 1.29 is 5.11 Å². The normalized spacial score (nSPS) is 54.6. The molecule has 6 atom stereocenters. The number of aliphatic hydroxyl groups excluding tert-OH is 1. The Morgan fingerprint density at radius 1 is 1.15 bits per heavy atom. The predicted octanol–water partition coefficient (Wildman–Crippen LogP) is 4.70. The van der Waals surface area contributed by atoms with Crippen molar-refractivity contribution in [2.24, 2.45) is 28.6 Å². The molecule has 112 valence electrons. The lowest BCUT2D eigenvalue weighted by atomic mass is 9.48. The Hall–Kier alpha value is -0.300. The number of allylic oxidation sites excluding steroid dienone is 2. The number of hydrogen-bond donors (Lipinski definition) is 1. The van der Waals surface area contributed by atoms with Crippen LogP contribution in [0.2, 0.25) is 0 Å². The van der Waals surface area contributed by atoms with E-state index in [1.54, 1.807) is 5.57 Å². The highest BCUT2D eigenvalue weighted by Gasteiger charge is 2.56. The van der Waals surface area contributed by atoms with Gasteiger partial charge in [0.05, 0.1) is 6.10 Å². The van der Waals surface area contributed by atoms with E-state index in [0.717, 1.165) is 30.6 Å². The first-order valence-electron chi connectivity index (χ1n) is 8.90. The summed E-state index contributed by atoms with van der Waals surface area (Å²) in [6, 6.07) is 0. The van der Waals surface area contributed by atoms with Crippen LogP contribution in [0.15, 0.2) is 11.6 Å². The molecule has 4 aliphatic rings. The van der Waals surface area contributed by atoms with E-state index in [1.165, 1.54) is 44.9 Å². The van der Waals surface area contributed by atoms with Crippen LogP contribution >= 0.6 is 0 Å². The van der Waals surface area contributed by atoms with Gasteiger partial charge in [-0.3, -0.25) is 0 Å². The molecule has 0 heterocycles. The summed E-state index contributed by atoms with van der Waals surface area (Å²) in [6.45, 7) is 5.04. The van der Waals surface area contributed by atoms with Gasteiger partial charge in [-0.1, -0.05) is 31.9 Å². The molecule has 0 amide bonds. The maximum absolute atomic E-state index is 10.2. The second kappa shape index (κ2) is 4.35. The summed E-state index contributed by atoms with van der Waals surface area (Å²) in [5, 5.41) is 10.2. The van der Waals surface area contributed by atoms with Gasteiger partial charge >= 0.3 is 0 Å². The standard InChI is InChI=1S/C19H30O/c1-18-10-8-16-15(17(18)11-14(20)12-18)7-6-13-5-3-4-9-19(13,16)2/h6,14-17,20H,3-5,7-12H2,1-2H3/t14-,15-,16+,17+,18-,19+/m1/s1. The molecule has 0 aromatic carbocycles. The smallest absolute Gasteiger partial charge is 0.0548 e. The third kappa shape index (κ3) is 1.71. The third-order valence-electron chi connectivity index (χ3n) is 7.76. The van der Waals surface area contributed by atoms with Crippen molar-refractivity contribution in [3.8, 4) is 0 Å². The highest BCUT2D eigenvalue weighted by Crippen LogP contribution is 2.64. The molecular weight excluding hydrogens is 244 g/mol. The molecule has 1 nitrogen and oxygen atoms in total. The zero-order valence-electron chi connectivity index (χ0n) is 13.2. The van der Waals surface area contributed by atoms with Crippen molar-refractivity contribution in [2.75, 3.05) is 0 Å². The third-order valence-corrected chi connectivity index (χ3v) is 7.76. The van der Waals surface area contributed by atoms with Crippen LogP contribution in [0.1, 0.15) is 71.6 Å². The van der Waals surface area contributed by atoms with Gasteiger partial charge in [-0.15, -0.1) is 0 Å². The topological polar surface area (TPSA) is 20.2 Å². The minimum Gasteiger partial charge on any atom is -0.393 e. The van der Waals surface area contributed by atoms with Crippen LogP contribution in [-0.2, 0) is 0 Å². The summed E-state index contributed by atoms with van der Waals surface area (Å²) >= 11 is 0. The first-order chi connectivity index (χ1) is 9.53. The van der Waals surface area contributed by atoms with Crippen molar-refractivity contribution >= 4 is 0 Å². The zero-order chi connectivity index (χ0) is 14.0. The number of hydrogen-bond acceptors (Lipinski definition) is 1. The Morgan fingerprint density at radius 3 is 2.85 bits per heavy atom. The molecule has 3 fully saturated rings. The Balaban J connectivity index is 1.69. The van der Waals surface area contributed by atoms with E-state index >= 15 is 0 Å². The molecule has 4 rings (SSSR count). The summed E-state index contributed by atoms with van der Waals surface area (Å²) < 4.78 is 0. The zero-order valence-corrected chi connectivity index (χ0v) is 13.2. The molecule has 0 aromatic rings. The molecule has 0 spiro atoms. The van der Waals surface area contributed by atoms with E-state index in [1.807, 2.05) is 0 Å². The molecule has 3 saturated carbocycles. The second-order valence-electron chi connectivity index (χ2n) is 8.75. The van der Waals surface area contributed by atoms with Gasteiger partial charge in [0, 0.05) is 0 Å². The largest absolute Gasteiger partial charge is 0.393 e. The molecule has 1 heteroatoms. The predicted molar refractivity (Wildman–Crippen MR) is 82.3 cm³/mol. The van der Waals surface area contributed by atoms with Crippen LogP contribution in [-0.4, -0.2) is 11.2 Å². The summed E-state index contributed by atoms with van der Waals surface area (Å²) in [6.07, 6.45) is 14.5. The summed E-state index contributed by atoms with van der Waals surface area (Å²) in [4.78, 5) is 0. The van der Waals surface area contributed by atoms with Gasteiger partial charge in [0.2, 0.25) is 0 Å². The Kier molecular flexibility index (Phi) is 2.91. The first kappa shape index (κ1) is 13.4. The van der Waals surface area contributed by atoms with Gasteiger partial charge < -0.3 is 5.11 Å².